The van der Waals surface area contributed by atoms with Crippen LogP contribution in [0.2, 0.25) is 5.28 Å². The van der Waals surface area contributed by atoms with E-state index in [1.807, 2.05) is 12.1 Å². The molecule has 0 amide bonds. The summed E-state index contributed by atoms with van der Waals surface area (Å²) in [6.45, 7) is 0. The second-order valence-electron chi connectivity index (χ2n) is 5.62. The molecule has 128 valence electrons. The van der Waals surface area contributed by atoms with Crippen LogP contribution >= 0.6 is 11.6 Å². The third kappa shape index (κ3) is 2.71. The van der Waals surface area contributed by atoms with Crippen molar-refractivity contribution in [2.24, 2.45) is 7.05 Å². The van der Waals surface area contributed by atoms with E-state index in [0.29, 0.717) is 28.1 Å². The molecule has 0 aliphatic heterocycles. The monoisotopic (exact) mass is 376 g/mol. The summed E-state index contributed by atoms with van der Waals surface area (Å²) in [5, 5.41) is 8.34. The summed E-state index contributed by atoms with van der Waals surface area (Å²) in [7, 11) is -1.68. The van der Waals surface area contributed by atoms with Gasteiger partial charge in [-0.1, -0.05) is 12.1 Å². The van der Waals surface area contributed by atoms with Gasteiger partial charge in [0.2, 0.25) is 15.3 Å². The van der Waals surface area contributed by atoms with Crippen molar-refractivity contribution in [3.63, 3.8) is 0 Å². The number of anilines is 2. The zero-order chi connectivity index (χ0) is 17.8. The van der Waals surface area contributed by atoms with Crippen molar-refractivity contribution in [2.75, 3.05) is 11.6 Å². The first-order valence-electron chi connectivity index (χ1n) is 7.27. The molecule has 0 aliphatic carbocycles. The Kier molecular flexibility index (Phi) is 3.44. The van der Waals surface area contributed by atoms with Crippen molar-refractivity contribution >= 4 is 55.1 Å². The molecule has 0 fully saturated rings. The van der Waals surface area contributed by atoms with Gasteiger partial charge in [0.05, 0.1) is 23.7 Å². The molecular formula is C15H13ClN6O2S. The quantitative estimate of drug-likeness (QED) is 0.552. The van der Waals surface area contributed by atoms with Crippen molar-refractivity contribution in [3.8, 4) is 0 Å². The number of halogens is 1. The number of hydrogen-bond donors (Lipinski definition) is 1. The van der Waals surface area contributed by atoms with Crippen molar-refractivity contribution in [3.05, 3.63) is 41.9 Å². The fourth-order valence-electron chi connectivity index (χ4n) is 2.75. The highest BCUT2D eigenvalue weighted by Gasteiger charge is 2.16. The van der Waals surface area contributed by atoms with Crippen LogP contribution in [0.25, 0.3) is 21.9 Å². The van der Waals surface area contributed by atoms with Crippen LogP contribution in [0, 0.1) is 0 Å². The Bertz CT molecular complexity index is 1230. The number of rotatable bonds is 3. The van der Waals surface area contributed by atoms with Gasteiger partial charge in [0, 0.05) is 18.6 Å². The van der Waals surface area contributed by atoms with Gasteiger partial charge in [0.15, 0.2) is 11.3 Å². The van der Waals surface area contributed by atoms with Gasteiger partial charge in [-0.25, -0.2) is 17.4 Å². The second-order valence-corrected chi connectivity index (χ2v) is 7.82. The molecular weight excluding hydrogens is 364 g/mol. The lowest BCUT2D eigenvalue weighted by atomic mass is 10.2. The van der Waals surface area contributed by atoms with E-state index in [9.17, 15) is 8.42 Å². The molecule has 8 nitrogen and oxygen atoms in total. The molecule has 0 bridgehead atoms. The molecule has 4 aromatic rings. The topological polar surface area (TPSA) is 94.7 Å². The van der Waals surface area contributed by atoms with E-state index in [1.165, 1.54) is 10.2 Å². The third-order valence-electron chi connectivity index (χ3n) is 3.74. The average Bonchev–Trinajstić information content (AvgIpc) is 3.10. The normalized spacial score (nSPS) is 12.1. The summed E-state index contributed by atoms with van der Waals surface area (Å²) in [4.78, 5) is 8.34. The average molecular weight is 377 g/mol. The predicted octanol–water partition coefficient (Wildman–Crippen LogP) is 2.52. The lowest BCUT2D eigenvalue weighted by molar-refractivity contribution is 0.595. The van der Waals surface area contributed by atoms with E-state index in [4.69, 9.17) is 11.6 Å². The highest BCUT2D eigenvalue weighted by molar-refractivity contribution is 7.89. The zero-order valence-corrected chi connectivity index (χ0v) is 14.9. The lowest BCUT2D eigenvalue weighted by Gasteiger charge is -2.10. The van der Waals surface area contributed by atoms with Gasteiger partial charge in [-0.3, -0.25) is 4.68 Å². The Hall–Kier alpha value is -2.65. The van der Waals surface area contributed by atoms with E-state index >= 15 is 0 Å². The Morgan fingerprint density at radius 3 is 2.76 bits per heavy atom. The van der Waals surface area contributed by atoms with E-state index in [1.54, 1.807) is 30.1 Å². The van der Waals surface area contributed by atoms with Crippen LogP contribution in [0.3, 0.4) is 0 Å². The molecule has 0 atom stereocenters. The number of nitrogens with zero attached hydrogens (tertiary/aromatic N) is 5. The molecule has 10 heteroatoms. The van der Waals surface area contributed by atoms with Gasteiger partial charge >= 0.3 is 0 Å². The van der Waals surface area contributed by atoms with E-state index in [-0.39, 0.29) is 5.28 Å². The standard InChI is InChI=1S/C15H13ClN6O2S/c1-21-8-11-12(20-21)14(19-15(16)18-11)17-10-5-3-4-9-6-7-22(13(9)10)25(2,23)24/h3-8H,1-2H3,(H,17,18,19). The number of benzene rings is 1. The van der Waals surface area contributed by atoms with Gasteiger partial charge < -0.3 is 5.32 Å². The number of para-hydroxylation sites is 1. The largest absolute Gasteiger partial charge is 0.336 e. The molecule has 1 N–H and O–H groups in total. The predicted molar refractivity (Wildman–Crippen MR) is 96.8 cm³/mol. The summed E-state index contributed by atoms with van der Waals surface area (Å²) < 4.78 is 26.9. The SMILES string of the molecule is Cn1cc2nc(Cl)nc(Nc3cccc4ccn(S(C)(=O)=O)c34)c2n1. The van der Waals surface area contributed by atoms with Crippen LogP contribution in [0.1, 0.15) is 0 Å². The molecule has 0 radical (unpaired) electrons. The summed E-state index contributed by atoms with van der Waals surface area (Å²) in [5.41, 5.74) is 2.25. The minimum Gasteiger partial charge on any atom is -0.336 e. The number of hydrogen-bond acceptors (Lipinski definition) is 6. The molecule has 25 heavy (non-hydrogen) atoms. The Balaban J connectivity index is 1.94. The maximum absolute atomic E-state index is 12.1. The Morgan fingerprint density at radius 2 is 2.00 bits per heavy atom. The molecule has 0 spiro atoms. The van der Waals surface area contributed by atoms with Crippen molar-refractivity contribution in [2.45, 2.75) is 0 Å². The van der Waals surface area contributed by atoms with Gasteiger partial charge in [-0.2, -0.15) is 10.1 Å². The highest BCUT2D eigenvalue weighted by atomic mass is 35.5. The summed E-state index contributed by atoms with van der Waals surface area (Å²) >= 11 is 6.00. The number of aryl methyl sites for hydroxylation is 1. The van der Waals surface area contributed by atoms with Crippen LogP contribution in [0.4, 0.5) is 11.5 Å². The minimum absolute atomic E-state index is 0.0775. The number of nitrogens with one attached hydrogen (secondary N) is 1. The van der Waals surface area contributed by atoms with Gasteiger partial charge in [-0.05, 0) is 23.7 Å². The summed E-state index contributed by atoms with van der Waals surface area (Å²) in [5.74, 6) is 0.407. The zero-order valence-electron chi connectivity index (χ0n) is 13.3. The van der Waals surface area contributed by atoms with Crippen LogP contribution in [-0.2, 0) is 17.1 Å². The molecule has 4 rings (SSSR count). The smallest absolute Gasteiger partial charge is 0.236 e. The maximum Gasteiger partial charge on any atom is 0.236 e. The van der Waals surface area contributed by atoms with Crippen LogP contribution in [-0.4, -0.2) is 38.4 Å². The Morgan fingerprint density at radius 1 is 1.20 bits per heavy atom. The minimum atomic E-state index is -3.45. The first-order chi connectivity index (χ1) is 11.8. The van der Waals surface area contributed by atoms with Crippen molar-refractivity contribution in [1.29, 1.82) is 0 Å². The fourth-order valence-corrected chi connectivity index (χ4v) is 3.75. The first-order valence-corrected chi connectivity index (χ1v) is 9.50. The van der Waals surface area contributed by atoms with E-state index < -0.39 is 10.0 Å². The maximum atomic E-state index is 12.1. The first kappa shape index (κ1) is 15.9. The molecule has 3 heterocycles. The van der Waals surface area contributed by atoms with E-state index in [0.717, 1.165) is 11.6 Å². The number of fused-ring (bicyclic) bond motifs is 2. The molecule has 3 aromatic heterocycles. The van der Waals surface area contributed by atoms with Crippen LogP contribution < -0.4 is 5.32 Å². The fraction of sp³-hybridized carbons (Fsp3) is 0.133. The van der Waals surface area contributed by atoms with Crippen molar-refractivity contribution < 1.29 is 8.42 Å². The highest BCUT2D eigenvalue weighted by Crippen LogP contribution is 2.30. The van der Waals surface area contributed by atoms with Crippen LogP contribution in [0.15, 0.2) is 36.7 Å². The van der Waals surface area contributed by atoms with Crippen LogP contribution in [0.5, 0.6) is 0 Å². The lowest BCUT2D eigenvalue weighted by Crippen LogP contribution is -2.09. The third-order valence-corrected chi connectivity index (χ3v) is 4.93. The van der Waals surface area contributed by atoms with E-state index in [2.05, 4.69) is 20.4 Å². The molecule has 0 aliphatic rings. The van der Waals surface area contributed by atoms with Gasteiger partial charge in [-0.15, -0.1) is 0 Å². The van der Waals surface area contributed by atoms with Gasteiger partial charge in [0.25, 0.3) is 0 Å². The summed E-state index contributed by atoms with van der Waals surface area (Å²) in [6, 6.07) is 7.18. The molecule has 1 aromatic carbocycles. The molecule has 0 unspecified atom stereocenters. The van der Waals surface area contributed by atoms with Gasteiger partial charge in [0.1, 0.15) is 5.52 Å². The molecule has 0 saturated carbocycles. The second kappa shape index (κ2) is 5.43. The molecule has 0 saturated heterocycles. The van der Waals surface area contributed by atoms with Crippen molar-refractivity contribution in [1.82, 2.24) is 23.7 Å². The summed E-state index contributed by atoms with van der Waals surface area (Å²) in [6.07, 6.45) is 4.41. The number of aromatic nitrogens is 5. The Labute approximate surface area is 148 Å².